The molecule has 0 bridgehead atoms. The van der Waals surface area contributed by atoms with Gasteiger partial charge in [-0.25, -0.2) is 0 Å². The van der Waals surface area contributed by atoms with Gasteiger partial charge in [0.2, 0.25) is 0 Å². The van der Waals surface area contributed by atoms with Gasteiger partial charge in [-0.15, -0.1) is 33.2 Å². The number of rotatable bonds is 0. The van der Waals surface area contributed by atoms with Crippen LogP contribution in [0.2, 0.25) is 6.55 Å². The Balaban J connectivity index is 0. The summed E-state index contributed by atoms with van der Waals surface area (Å²) in [6.07, 6.45) is 0. The molecule has 0 saturated heterocycles. The van der Waals surface area contributed by atoms with E-state index in [4.69, 9.17) is 44.3 Å². The average Bonchev–Trinajstić information content (AvgIpc) is 1.36. The molecule has 0 aromatic carbocycles. The van der Waals surface area contributed by atoms with Gasteiger partial charge in [0.05, 0.1) is 0 Å². The monoisotopic (exact) mass is 214 g/mol. The summed E-state index contributed by atoms with van der Waals surface area (Å²) < 4.78 is 0. The molecule has 0 spiro atoms. The van der Waals surface area contributed by atoms with E-state index in [1.54, 1.807) is 6.55 Å². The predicted octanol–water partition coefficient (Wildman–Crippen LogP) is 1.78. The summed E-state index contributed by atoms with van der Waals surface area (Å²) in [6, 6.07) is -2.19. The third-order valence-electron chi connectivity index (χ3n) is 0. The van der Waals surface area contributed by atoms with Crippen LogP contribution in [0.3, 0.4) is 0 Å². The highest BCUT2D eigenvalue weighted by atomic mass is 35.8. The van der Waals surface area contributed by atoms with Crippen LogP contribution in [-0.4, -0.2) is 15.6 Å². The topological polar surface area (TPSA) is 0 Å². The number of hydrogen-bond donors (Lipinski definition) is 0. The van der Waals surface area contributed by atoms with Crippen LogP contribution in [0.25, 0.3) is 0 Å². The predicted molar refractivity (Wildman–Crippen MR) is 45.0 cm³/mol. The zero-order valence-corrected chi connectivity index (χ0v) is 10.0. The van der Waals surface area contributed by atoms with Gasteiger partial charge in [0.25, 0.3) is 0 Å². The maximum absolute atomic E-state index is 5.20. The molecular weight excluding hydrogens is 210 g/mol. The van der Waals surface area contributed by atoms with E-state index in [0.29, 0.717) is 0 Å². The van der Waals surface area contributed by atoms with Gasteiger partial charge in [0, 0.05) is 0 Å². The molecule has 0 aliphatic rings. The summed E-state index contributed by atoms with van der Waals surface area (Å²) >= 11 is 20.4. The fourth-order valence-electron chi connectivity index (χ4n) is 0. The fourth-order valence-corrected chi connectivity index (χ4v) is 0. The van der Waals surface area contributed by atoms with Crippen LogP contribution in [0.4, 0.5) is 0 Å². The van der Waals surface area contributed by atoms with Gasteiger partial charge in [0.1, 0.15) is 9.55 Å². The van der Waals surface area contributed by atoms with E-state index in [1.165, 1.54) is 0 Å². The molecule has 6 heteroatoms. The van der Waals surface area contributed by atoms with Crippen molar-refractivity contribution in [3.63, 3.8) is 0 Å². The first-order chi connectivity index (χ1) is 3.00. The van der Waals surface area contributed by atoms with Crippen LogP contribution in [0.5, 0.6) is 0 Å². The molecule has 0 heterocycles. The van der Waals surface area contributed by atoms with E-state index in [1.807, 2.05) is 0 Å². The lowest BCUT2D eigenvalue weighted by molar-refractivity contribution is 2.31. The number of halogens is 4. The van der Waals surface area contributed by atoms with Crippen LogP contribution < -0.4 is 0 Å². The highest BCUT2D eigenvalue weighted by molar-refractivity contribution is 7.64. The standard InChI is InChI=1S/CH3Cl3Si.ClH3Si/c1-5(2,3)4;1-2/h1H3;2H3. The molecule has 0 aliphatic heterocycles. The molecule has 46 valence electrons. The van der Waals surface area contributed by atoms with E-state index in [-0.39, 0.29) is 0 Å². The minimum atomic E-state index is -2.19. The van der Waals surface area contributed by atoms with Gasteiger partial charge in [-0.3, -0.25) is 0 Å². The third kappa shape index (κ3) is 93.5. The minimum Gasteiger partial charge on any atom is -0.181 e. The molecular formula is CH6Cl4Si2. The van der Waals surface area contributed by atoms with Gasteiger partial charge >= 0.3 is 6.00 Å². The Morgan fingerprint density at radius 1 is 1.14 bits per heavy atom. The minimum absolute atomic E-state index is 0.778. The molecule has 0 radical (unpaired) electrons. The molecule has 0 aromatic rings. The summed E-state index contributed by atoms with van der Waals surface area (Å²) in [5.74, 6) is 0. The van der Waals surface area contributed by atoms with Gasteiger partial charge in [-0.05, 0) is 6.55 Å². The van der Waals surface area contributed by atoms with Crippen molar-refractivity contribution in [2.75, 3.05) is 0 Å². The van der Waals surface area contributed by atoms with Crippen molar-refractivity contribution < 1.29 is 0 Å². The van der Waals surface area contributed by atoms with E-state index in [0.717, 1.165) is 9.55 Å². The first kappa shape index (κ1) is 11.4. The SMILES string of the molecule is C[Si](Cl)(Cl)Cl.[SiH3]Cl. The highest BCUT2D eigenvalue weighted by Gasteiger charge is 2.13. The van der Waals surface area contributed by atoms with Crippen molar-refractivity contribution in [3.8, 4) is 0 Å². The average molecular weight is 216 g/mol. The Kier molecular flexibility index (Phi) is 9.32. The lowest BCUT2D eigenvalue weighted by Gasteiger charge is -1.89. The Bertz CT molecular complexity index is 25.2. The molecule has 0 nitrogen and oxygen atoms in total. The third-order valence-corrected chi connectivity index (χ3v) is 0. The second kappa shape index (κ2) is 5.73. The van der Waals surface area contributed by atoms with Crippen LogP contribution in [0.15, 0.2) is 0 Å². The Morgan fingerprint density at radius 2 is 1.14 bits per heavy atom. The maximum Gasteiger partial charge on any atom is 0.338 e. The van der Waals surface area contributed by atoms with Crippen molar-refractivity contribution in [2.45, 2.75) is 6.55 Å². The normalized spacial score (nSPS) is 9.86. The second-order valence-corrected chi connectivity index (χ2v) is 10.9. The van der Waals surface area contributed by atoms with Crippen LogP contribution >= 0.6 is 44.3 Å². The molecule has 0 unspecified atom stereocenters. The maximum atomic E-state index is 5.20. The summed E-state index contributed by atoms with van der Waals surface area (Å²) in [7, 11) is 0.778. The lowest BCUT2D eigenvalue weighted by Crippen LogP contribution is -1.97. The quantitative estimate of drug-likeness (QED) is 0.427. The van der Waals surface area contributed by atoms with E-state index in [2.05, 4.69) is 0 Å². The second-order valence-electron chi connectivity index (χ2n) is 0.781. The molecule has 0 amide bonds. The van der Waals surface area contributed by atoms with Crippen molar-refractivity contribution in [2.24, 2.45) is 0 Å². The Morgan fingerprint density at radius 3 is 1.14 bits per heavy atom. The van der Waals surface area contributed by atoms with Gasteiger partial charge in [-0.2, -0.15) is 11.1 Å². The largest absolute Gasteiger partial charge is 0.338 e. The zero-order valence-electron chi connectivity index (χ0n) is 4.01. The molecule has 0 aromatic heterocycles. The molecule has 0 saturated carbocycles. The van der Waals surface area contributed by atoms with Gasteiger partial charge in [0.15, 0.2) is 0 Å². The highest BCUT2D eigenvalue weighted by Crippen LogP contribution is 2.17. The summed E-state index contributed by atoms with van der Waals surface area (Å²) in [5, 5.41) is 0. The van der Waals surface area contributed by atoms with Crippen LogP contribution in [0.1, 0.15) is 0 Å². The van der Waals surface area contributed by atoms with Crippen molar-refractivity contribution in [3.05, 3.63) is 0 Å². The van der Waals surface area contributed by atoms with Crippen LogP contribution in [0, 0.1) is 0 Å². The Labute approximate surface area is 66.3 Å². The van der Waals surface area contributed by atoms with Crippen molar-refractivity contribution in [1.29, 1.82) is 0 Å². The lowest BCUT2D eigenvalue weighted by atomic mass is 11.9. The number of hydrogen-bond acceptors (Lipinski definition) is 0. The fraction of sp³-hybridized carbons (Fsp3) is 1.00. The van der Waals surface area contributed by atoms with E-state index >= 15 is 0 Å². The molecule has 7 heavy (non-hydrogen) atoms. The van der Waals surface area contributed by atoms with Gasteiger partial charge in [-0.1, -0.05) is 0 Å². The van der Waals surface area contributed by atoms with Crippen LogP contribution in [-0.2, 0) is 0 Å². The first-order valence-electron chi connectivity index (χ1n) is 1.44. The smallest absolute Gasteiger partial charge is 0.181 e. The molecule has 0 N–H and O–H groups in total. The van der Waals surface area contributed by atoms with Crippen molar-refractivity contribution in [1.82, 2.24) is 0 Å². The zero-order chi connectivity index (χ0) is 6.50. The summed E-state index contributed by atoms with van der Waals surface area (Å²) in [4.78, 5) is 0. The van der Waals surface area contributed by atoms with Crippen molar-refractivity contribution >= 4 is 59.9 Å². The summed E-state index contributed by atoms with van der Waals surface area (Å²) in [5.41, 5.74) is 0. The first-order valence-corrected chi connectivity index (χ1v) is 10.0. The molecule has 0 fully saturated rings. The molecule has 0 atom stereocenters. The Hall–Kier alpha value is 1.59. The summed E-state index contributed by atoms with van der Waals surface area (Å²) in [6.45, 7) is 1.62. The molecule has 0 rings (SSSR count). The van der Waals surface area contributed by atoms with Gasteiger partial charge < -0.3 is 0 Å². The molecule has 0 aliphatic carbocycles. The van der Waals surface area contributed by atoms with E-state index in [9.17, 15) is 0 Å². The van der Waals surface area contributed by atoms with E-state index < -0.39 is 6.00 Å².